The van der Waals surface area contributed by atoms with Gasteiger partial charge in [0.05, 0.1) is 17.3 Å². The zero-order valence-electron chi connectivity index (χ0n) is 16.7. The summed E-state index contributed by atoms with van der Waals surface area (Å²) in [4.78, 5) is 23.3. The topological polar surface area (TPSA) is 66.3 Å². The molecule has 0 spiro atoms. The van der Waals surface area contributed by atoms with Crippen molar-refractivity contribution in [3.63, 3.8) is 0 Å². The molecule has 0 bridgehead atoms. The number of carboxylic acid groups (broad SMARTS) is 1. The molecule has 0 amide bonds. The molecule has 1 aliphatic heterocycles. The maximum absolute atomic E-state index is 11.8. The normalized spacial score (nSPS) is 16.8. The highest BCUT2D eigenvalue weighted by Gasteiger charge is 2.27. The fourth-order valence-electron chi connectivity index (χ4n) is 4.06. The smallest absolute Gasteiger partial charge is 0.339 e. The predicted octanol–water partition coefficient (Wildman–Crippen LogP) is 5.65. The second-order valence-corrected chi connectivity index (χ2v) is 8.43. The van der Waals surface area contributed by atoms with E-state index in [0.717, 1.165) is 35.8 Å². The highest BCUT2D eigenvalue weighted by molar-refractivity contribution is 9.10. The highest BCUT2D eigenvalue weighted by Crippen LogP contribution is 2.36. The van der Waals surface area contributed by atoms with Gasteiger partial charge < -0.3 is 10.0 Å². The molecule has 1 saturated heterocycles. The molecular weight excluding hydrogens is 442 g/mol. The SMILES string of the molecule is O=C(O)c1cnc(N2CCCCC[C@H]2c2ccccc2Br)nc1Cc1ccccc1. The second kappa shape index (κ2) is 9.39. The zero-order chi connectivity index (χ0) is 20.9. The second-order valence-electron chi connectivity index (χ2n) is 7.58. The number of aromatic nitrogens is 2. The van der Waals surface area contributed by atoms with Crippen LogP contribution < -0.4 is 4.90 Å². The Hall–Kier alpha value is -2.73. The van der Waals surface area contributed by atoms with Crippen molar-refractivity contribution in [2.45, 2.75) is 38.1 Å². The summed E-state index contributed by atoms with van der Waals surface area (Å²) in [6.07, 6.45) is 6.32. The highest BCUT2D eigenvalue weighted by atomic mass is 79.9. The van der Waals surface area contributed by atoms with Gasteiger partial charge >= 0.3 is 5.97 Å². The van der Waals surface area contributed by atoms with Crippen LogP contribution in [0.1, 0.15) is 58.9 Å². The fourth-order valence-corrected chi connectivity index (χ4v) is 4.61. The van der Waals surface area contributed by atoms with Crippen LogP contribution >= 0.6 is 15.9 Å². The van der Waals surface area contributed by atoms with Gasteiger partial charge in [-0.25, -0.2) is 14.8 Å². The van der Waals surface area contributed by atoms with Crippen LogP contribution in [0.25, 0.3) is 0 Å². The van der Waals surface area contributed by atoms with E-state index in [2.05, 4.69) is 44.0 Å². The average molecular weight is 466 g/mol. The lowest BCUT2D eigenvalue weighted by molar-refractivity contribution is 0.0695. The summed E-state index contributed by atoms with van der Waals surface area (Å²) >= 11 is 3.70. The number of carbonyl (C=O) groups is 1. The first-order valence-electron chi connectivity index (χ1n) is 10.3. The fraction of sp³-hybridized carbons (Fsp3) is 0.292. The average Bonchev–Trinajstić information content (AvgIpc) is 3.01. The summed E-state index contributed by atoms with van der Waals surface area (Å²) in [5.41, 5.74) is 2.96. The minimum absolute atomic E-state index is 0.156. The van der Waals surface area contributed by atoms with Crippen molar-refractivity contribution in [2.24, 2.45) is 0 Å². The molecule has 5 nitrogen and oxygen atoms in total. The molecule has 1 aromatic heterocycles. The summed E-state index contributed by atoms with van der Waals surface area (Å²) in [7, 11) is 0. The monoisotopic (exact) mass is 465 g/mol. The molecule has 30 heavy (non-hydrogen) atoms. The number of carboxylic acids is 1. The van der Waals surface area contributed by atoms with Crippen LogP contribution in [0.15, 0.2) is 65.3 Å². The third kappa shape index (κ3) is 4.54. The van der Waals surface area contributed by atoms with Crippen LogP contribution in [0.4, 0.5) is 5.95 Å². The van der Waals surface area contributed by atoms with Crippen molar-refractivity contribution in [3.05, 3.63) is 87.7 Å². The van der Waals surface area contributed by atoms with Crippen LogP contribution in [0.5, 0.6) is 0 Å². The third-order valence-corrected chi connectivity index (χ3v) is 6.30. The molecule has 0 aliphatic carbocycles. The van der Waals surface area contributed by atoms with E-state index in [1.54, 1.807) is 0 Å². The van der Waals surface area contributed by atoms with Crippen molar-refractivity contribution in [1.29, 1.82) is 0 Å². The number of halogens is 1. The first-order chi connectivity index (χ1) is 14.6. The molecule has 2 heterocycles. The van der Waals surface area contributed by atoms with Crippen LogP contribution in [-0.2, 0) is 6.42 Å². The van der Waals surface area contributed by atoms with Crippen molar-refractivity contribution >= 4 is 27.8 Å². The van der Waals surface area contributed by atoms with Crippen LogP contribution in [-0.4, -0.2) is 27.6 Å². The Morgan fingerprint density at radius 2 is 1.83 bits per heavy atom. The number of rotatable bonds is 5. The molecule has 2 aromatic carbocycles. The molecule has 0 radical (unpaired) electrons. The first kappa shape index (κ1) is 20.5. The van der Waals surface area contributed by atoms with Gasteiger partial charge in [-0.3, -0.25) is 0 Å². The van der Waals surface area contributed by atoms with E-state index < -0.39 is 5.97 Å². The Morgan fingerprint density at radius 3 is 2.60 bits per heavy atom. The van der Waals surface area contributed by atoms with Crippen molar-refractivity contribution < 1.29 is 9.90 Å². The van der Waals surface area contributed by atoms with Crippen LogP contribution in [0, 0.1) is 0 Å². The molecule has 154 valence electrons. The Balaban J connectivity index is 1.74. The van der Waals surface area contributed by atoms with Crippen molar-refractivity contribution in [2.75, 3.05) is 11.4 Å². The maximum atomic E-state index is 11.8. The quantitative estimate of drug-likeness (QED) is 0.527. The third-order valence-electron chi connectivity index (χ3n) is 5.57. The number of nitrogens with zero attached hydrogens (tertiary/aromatic N) is 3. The molecular formula is C24H24BrN3O2. The van der Waals surface area contributed by atoms with Gasteiger partial charge in [0.2, 0.25) is 5.95 Å². The van der Waals surface area contributed by atoms with Crippen LogP contribution in [0.2, 0.25) is 0 Å². The summed E-state index contributed by atoms with van der Waals surface area (Å²) < 4.78 is 1.08. The summed E-state index contributed by atoms with van der Waals surface area (Å²) in [5.74, 6) is -0.390. The number of aromatic carboxylic acids is 1. The zero-order valence-corrected chi connectivity index (χ0v) is 18.3. The van der Waals surface area contributed by atoms with E-state index in [9.17, 15) is 9.90 Å². The minimum Gasteiger partial charge on any atom is -0.478 e. The van der Waals surface area contributed by atoms with Gasteiger partial charge in [-0.1, -0.05) is 77.3 Å². The van der Waals surface area contributed by atoms with Gasteiger partial charge in [0.15, 0.2) is 0 Å². The number of anilines is 1. The molecule has 4 rings (SSSR count). The molecule has 1 aliphatic rings. The largest absolute Gasteiger partial charge is 0.478 e. The molecule has 6 heteroatoms. The molecule has 0 unspecified atom stereocenters. The number of benzene rings is 2. The van der Waals surface area contributed by atoms with E-state index in [1.165, 1.54) is 18.2 Å². The van der Waals surface area contributed by atoms with Crippen molar-refractivity contribution in [1.82, 2.24) is 9.97 Å². The first-order valence-corrected chi connectivity index (χ1v) is 11.1. The van der Waals surface area contributed by atoms with Gasteiger partial charge in [0.25, 0.3) is 0 Å². The van der Waals surface area contributed by atoms with Crippen molar-refractivity contribution in [3.8, 4) is 0 Å². The van der Waals surface area contributed by atoms with E-state index in [-0.39, 0.29) is 11.6 Å². The van der Waals surface area contributed by atoms with E-state index in [0.29, 0.717) is 18.1 Å². The number of hydrogen-bond donors (Lipinski definition) is 1. The summed E-state index contributed by atoms with van der Waals surface area (Å²) in [6, 6.07) is 18.3. The maximum Gasteiger partial charge on any atom is 0.339 e. The van der Waals surface area contributed by atoms with Crippen LogP contribution in [0.3, 0.4) is 0 Å². The Kier molecular flexibility index (Phi) is 6.43. The Labute approximate surface area is 184 Å². The lowest BCUT2D eigenvalue weighted by Crippen LogP contribution is -2.31. The number of hydrogen-bond acceptors (Lipinski definition) is 4. The minimum atomic E-state index is -0.995. The van der Waals surface area contributed by atoms with Gasteiger partial charge in [0, 0.05) is 23.6 Å². The Morgan fingerprint density at radius 1 is 1.07 bits per heavy atom. The lowest BCUT2D eigenvalue weighted by atomic mass is 10.0. The summed E-state index contributed by atoms with van der Waals surface area (Å²) in [6.45, 7) is 0.850. The lowest BCUT2D eigenvalue weighted by Gasteiger charge is -2.31. The van der Waals surface area contributed by atoms with Gasteiger partial charge in [-0.05, 0) is 30.0 Å². The molecule has 1 fully saturated rings. The molecule has 0 saturated carbocycles. The van der Waals surface area contributed by atoms with E-state index in [4.69, 9.17) is 4.98 Å². The molecule has 1 N–H and O–H groups in total. The van der Waals surface area contributed by atoms with Gasteiger partial charge in [-0.15, -0.1) is 0 Å². The van der Waals surface area contributed by atoms with Gasteiger partial charge in [-0.2, -0.15) is 0 Å². The standard InChI is InChI=1S/C24H24BrN3O2/c25-20-12-7-6-11-18(20)22-13-5-2-8-14-28(22)24-26-16-19(23(29)30)21(27-24)15-17-9-3-1-4-10-17/h1,3-4,6-7,9-12,16,22H,2,5,8,13-15H2,(H,29,30)/t22-/m0/s1. The molecule has 1 atom stereocenters. The summed E-state index contributed by atoms with van der Waals surface area (Å²) in [5, 5.41) is 9.66. The van der Waals surface area contributed by atoms with E-state index >= 15 is 0 Å². The Bertz CT molecular complexity index is 1030. The predicted molar refractivity (Wildman–Crippen MR) is 121 cm³/mol. The molecule has 3 aromatic rings. The van der Waals surface area contributed by atoms with E-state index in [1.807, 2.05) is 36.4 Å². The van der Waals surface area contributed by atoms with Gasteiger partial charge in [0.1, 0.15) is 0 Å².